The lowest BCUT2D eigenvalue weighted by Gasteiger charge is -2.39. The Hall–Kier alpha value is -0.240. The lowest BCUT2D eigenvalue weighted by Crippen LogP contribution is -2.62. The molecule has 1 aliphatic rings. The molecule has 5 N–H and O–H groups in total. The number of ether oxygens (including phenoxy) is 2. The van der Waals surface area contributed by atoms with Gasteiger partial charge in [0.25, 0.3) is 0 Å². The van der Waals surface area contributed by atoms with Crippen LogP contribution in [0.25, 0.3) is 0 Å². The molecule has 1 aliphatic heterocycles. The van der Waals surface area contributed by atoms with E-state index in [4.69, 9.17) is 20.3 Å². The van der Waals surface area contributed by atoms with Crippen molar-refractivity contribution >= 4 is 0 Å². The lowest BCUT2D eigenvalue weighted by atomic mass is 9.98. The van der Waals surface area contributed by atoms with Crippen LogP contribution in [0.3, 0.4) is 0 Å². The predicted octanol–water partition coefficient (Wildman–Crippen LogP) is -2.60. The van der Waals surface area contributed by atoms with Crippen LogP contribution in [0.15, 0.2) is 0 Å². The fraction of sp³-hybridized carbons (Fsp3) is 1.00. The zero-order valence-electron chi connectivity index (χ0n) is 7.33. The third-order valence-electron chi connectivity index (χ3n) is 2.19. The van der Waals surface area contributed by atoms with E-state index in [1.807, 2.05) is 0 Å². The Balaban J connectivity index is 2.69. The van der Waals surface area contributed by atoms with E-state index in [0.29, 0.717) is 0 Å². The molecule has 6 heteroatoms. The van der Waals surface area contributed by atoms with Gasteiger partial charge in [0.1, 0.15) is 18.3 Å². The van der Waals surface area contributed by atoms with Crippen LogP contribution in [-0.2, 0) is 9.47 Å². The number of hydrogen-bond acceptors (Lipinski definition) is 6. The summed E-state index contributed by atoms with van der Waals surface area (Å²) in [6.45, 7) is -0.384. The second kappa shape index (κ2) is 4.32. The molecule has 1 fully saturated rings. The van der Waals surface area contributed by atoms with E-state index >= 15 is 0 Å². The fourth-order valence-electron chi connectivity index (χ4n) is 1.40. The molecule has 78 valence electrons. The zero-order chi connectivity index (χ0) is 10.0. The van der Waals surface area contributed by atoms with E-state index in [-0.39, 0.29) is 6.61 Å². The molecule has 6 nitrogen and oxygen atoms in total. The Morgan fingerprint density at radius 2 is 2.08 bits per heavy atom. The molecule has 0 aliphatic carbocycles. The van der Waals surface area contributed by atoms with E-state index in [0.717, 1.165) is 0 Å². The average molecular weight is 193 g/mol. The first-order valence-electron chi connectivity index (χ1n) is 4.02. The van der Waals surface area contributed by atoms with Gasteiger partial charge in [-0.25, -0.2) is 0 Å². The van der Waals surface area contributed by atoms with Crippen LogP contribution in [0.4, 0.5) is 0 Å². The van der Waals surface area contributed by atoms with Gasteiger partial charge >= 0.3 is 0 Å². The number of aliphatic hydroxyl groups excluding tert-OH is 3. The maximum absolute atomic E-state index is 9.52. The molecule has 0 saturated carbocycles. The molecule has 4 unspecified atom stereocenters. The highest BCUT2D eigenvalue weighted by molar-refractivity contribution is 4.91. The number of nitrogens with two attached hydrogens (primary N) is 1. The smallest absolute Gasteiger partial charge is 0.173 e. The van der Waals surface area contributed by atoms with E-state index < -0.39 is 30.6 Å². The maximum Gasteiger partial charge on any atom is 0.173 e. The van der Waals surface area contributed by atoms with Crippen LogP contribution >= 0.6 is 0 Å². The molecule has 5 atom stereocenters. The van der Waals surface area contributed by atoms with Crippen LogP contribution in [0.2, 0.25) is 0 Å². The molecule has 0 amide bonds. The predicted molar refractivity (Wildman–Crippen MR) is 42.7 cm³/mol. The lowest BCUT2D eigenvalue weighted by molar-refractivity contribution is -0.253. The zero-order valence-corrected chi connectivity index (χ0v) is 7.33. The van der Waals surface area contributed by atoms with Gasteiger partial charge in [-0.05, 0) is 0 Å². The summed E-state index contributed by atoms with van der Waals surface area (Å²) in [4.78, 5) is 0. The first kappa shape index (κ1) is 10.8. The van der Waals surface area contributed by atoms with Crippen molar-refractivity contribution in [3.05, 3.63) is 0 Å². The number of rotatable bonds is 2. The highest BCUT2D eigenvalue weighted by atomic mass is 16.6. The minimum Gasteiger partial charge on any atom is -0.394 e. The van der Waals surface area contributed by atoms with Gasteiger partial charge in [0.2, 0.25) is 0 Å². The summed E-state index contributed by atoms with van der Waals surface area (Å²) in [6.07, 6.45) is -3.81. The summed E-state index contributed by atoms with van der Waals surface area (Å²) in [5, 5.41) is 27.6. The van der Waals surface area contributed by atoms with Crippen molar-refractivity contribution in [1.82, 2.24) is 0 Å². The van der Waals surface area contributed by atoms with Crippen molar-refractivity contribution in [2.75, 3.05) is 13.7 Å². The number of aliphatic hydroxyl groups is 3. The topological polar surface area (TPSA) is 105 Å². The molecular weight excluding hydrogens is 178 g/mol. The second-order valence-corrected chi connectivity index (χ2v) is 3.02. The highest BCUT2D eigenvalue weighted by Crippen LogP contribution is 2.20. The molecule has 1 rings (SSSR count). The van der Waals surface area contributed by atoms with Gasteiger partial charge in [0.15, 0.2) is 6.29 Å². The van der Waals surface area contributed by atoms with Gasteiger partial charge in [-0.1, -0.05) is 0 Å². The Kier molecular flexibility index (Phi) is 3.60. The molecule has 1 heterocycles. The Morgan fingerprint density at radius 1 is 1.46 bits per heavy atom. The summed E-state index contributed by atoms with van der Waals surface area (Å²) in [5.41, 5.74) is 5.50. The molecule has 0 aromatic rings. The minimum atomic E-state index is -1.22. The van der Waals surface area contributed by atoms with Crippen molar-refractivity contribution in [3.8, 4) is 0 Å². The SMILES string of the molecule is CO[C@@H]1C(N)C(O)OC(CO)C1O. The molecule has 0 spiro atoms. The fourth-order valence-corrected chi connectivity index (χ4v) is 1.40. The van der Waals surface area contributed by atoms with Crippen molar-refractivity contribution in [3.63, 3.8) is 0 Å². The Labute approximate surface area is 75.9 Å². The van der Waals surface area contributed by atoms with Crippen LogP contribution in [-0.4, -0.2) is 59.7 Å². The molecule has 13 heavy (non-hydrogen) atoms. The second-order valence-electron chi connectivity index (χ2n) is 3.02. The summed E-state index contributed by atoms with van der Waals surface area (Å²) >= 11 is 0. The standard InChI is InChI=1S/C7H15NO5/c1-12-6-4(8)7(11)13-3(2-9)5(6)10/h3-7,9-11H,2,8H2,1H3/t3?,4?,5?,6-,7?/m1/s1. The summed E-state index contributed by atoms with van der Waals surface area (Å²) in [5.74, 6) is 0. The molecule has 0 radical (unpaired) electrons. The van der Waals surface area contributed by atoms with Crippen molar-refractivity contribution in [1.29, 1.82) is 0 Å². The van der Waals surface area contributed by atoms with Crippen LogP contribution in [0.5, 0.6) is 0 Å². The normalized spacial score (nSPS) is 46.4. The third-order valence-corrected chi connectivity index (χ3v) is 2.19. The van der Waals surface area contributed by atoms with E-state index in [1.54, 1.807) is 0 Å². The first-order chi connectivity index (χ1) is 6.11. The quantitative estimate of drug-likeness (QED) is 0.383. The summed E-state index contributed by atoms with van der Waals surface area (Å²) in [7, 11) is 1.38. The molecule has 1 saturated heterocycles. The summed E-state index contributed by atoms with van der Waals surface area (Å²) < 4.78 is 9.73. The molecule has 0 bridgehead atoms. The van der Waals surface area contributed by atoms with E-state index in [2.05, 4.69) is 0 Å². The van der Waals surface area contributed by atoms with Crippen LogP contribution < -0.4 is 5.73 Å². The van der Waals surface area contributed by atoms with Crippen molar-refractivity contribution in [2.45, 2.75) is 30.6 Å². The monoisotopic (exact) mass is 193 g/mol. The Morgan fingerprint density at radius 3 is 2.54 bits per heavy atom. The van der Waals surface area contributed by atoms with Gasteiger partial charge in [-0.2, -0.15) is 0 Å². The van der Waals surface area contributed by atoms with Gasteiger partial charge in [-0.3, -0.25) is 0 Å². The molecule has 0 aromatic heterocycles. The number of methoxy groups -OCH3 is 1. The first-order valence-corrected chi connectivity index (χ1v) is 4.02. The summed E-state index contributed by atoms with van der Waals surface area (Å²) in [6, 6.07) is -0.803. The van der Waals surface area contributed by atoms with Gasteiger partial charge in [-0.15, -0.1) is 0 Å². The van der Waals surface area contributed by atoms with Gasteiger partial charge in [0.05, 0.1) is 12.6 Å². The average Bonchev–Trinajstić information content (AvgIpc) is 2.12. The Bertz CT molecular complexity index is 167. The third kappa shape index (κ3) is 1.98. The van der Waals surface area contributed by atoms with Crippen molar-refractivity contribution < 1.29 is 24.8 Å². The molecular formula is C7H15NO5. The highest BCUT2D eigenvalue weighted by Gasteiger charge is 2.42. The minimum absolute atomic E-state index is 0.384. The largest absolute Gasteiger partial charge is 0.394 e. The van der Waals surface area contributed by atoms with Crippen LogP contribution in [0.1, 0.15) is 0 Å². The van der Waals surface area contributed by atoms with E-state index in [1.165, 1.54) is 7.11 Å². The van der Waals surface area contributed by atoms with E-state index in [9.17, 15) is 10.2 Å². The molecule has 0 aromatic carbocycles. The van der Waals surface area contributed by atoms with Gasteiger partial charge < -0.3 is 30.5 Å². The maximum atomic E-state index is 9.52. The number of hydrogen-bond donors (Lipinski definition) is 4. The van der Waals surface area contributed by atoms with Crippen molar-refractivity contribution in [2.24, 2.45) is 5.73 Å². The van der Waals surface area contributed by atoms with Crippen LogP contribution in [0, 0.1) is 0 Å². The van der Waals surface area contributed by atoms with Gasteiger partial charge in [0, 0.05) is 7.11 Å².